The number of pyridine rings is 1. The number of para-hydroxylation sites is 1. The molecule has 0 spiro atoms. The van der Waals surface area contributed by atoms with Gasteiger partial charge in [0.15, 0.2) is 0 Å². The summed E-state index contributed by atoms with van der Waals surface area (Å²) in [6, 6.07) is 7.95. The molecule has 0 aliphatic carbocycles. The summed E-state index contributed by atoms with van der Waals surface area (Å²) in [7, 11) is 0. The van der Waals surface area contributed by atoms with Gasteiger partial charge in [0.05, 0.1) is 0 Å². The van der Waals surface area contributed by atoms with E-state index in [1.54, 1.807) is 6.20 Å². The number of hydrogen-bond donors (Lipinski definition) is 2. The van der Waals surface area contributed by atoms with Gasteiger partial charge in [-0.1, -0.05) is 24.4 Å². The van der Waals surface area contributed by atoms with E-state index in [4.69, 9.17) is 18.0 Å². The molecule has 1 heterocycles. The molecule has 0 unspecified atom stereocenters. The normalized spacial score (nSPS) is 10.2. The summed E-state index contributed by atoms with van der Waals surface area (Å²) >= 11 is 5.09. The minimum atomic E-state index is 0.411. The van der Waals surface area contributed by atoms with Gasteiger partial charge in [-0.25, -0.2) is 0 Å². The van der Waals surface area contributed by atoms with Gasteiger partial charge < -0.3 is 11.1 Å². The average Bonchev–Trinajstić information content (AvgIpc) is 2.38. The predicted molar refractivity (Wildman–Crippen MR) is 83.4 cm³/mol. The quantitative estimate of drug-likeness (QED) is 0.839. The second-order valence-corrected chi connectivity index (χ2v) is 4.96. The first-order valence-electron chi connectivity index (χ1n) is 6.12. The third-order valence-electron chi connectivity index (χ3n) is 3.14. The van der Waals surface area contributed by atoms with Crippen LogP contribution in [-0.4, -0.2) is 9.97 Å². The SMILES string of the molecule is Cc1ccncc1CNc1c(C)cccc1C(N)=S. The Bertz CT molecular complexity index is 608. The first-order chi connectivity index (χ1) is 9.09. The summed E-state index contributed by atoms with van der Waals surface area (Å²) < 4.78 is 0. The van der Waals surface area contributed by atoms with E-state index >= 15 is 0 Å². The monoisotopic (exact) mass is 271 g/mol. The highest BCUT2D eigenvalue weighted by atomic mass is 32.1. The summed E-state index contributed by atoms with van der Waals surface area (Å²) in [4.78, 5) is 4.56. The fourth-order valence-corrected chi connectivity index (χ4v) is 2.14. The van der Waals surface area contributed by atoms with E-state index in [1.165, 1.54) is 11.1 Å². The molecule has 0 bridgehead atoms. The van der Waals surface area contributed by atoms with Crippen molar-refractivity contribution in [3.05, 3.63) is 58.9 Å². The smallest absolute Gasteiger partial charge is 0.106 e. The number of nitrogens with zero attached hydrogens (tertiary/aromatic N) is 1. The van der Waals surface area contributed by atoms with Crippen LogP contribution in [0, 0.1) is 13.8 Å². The van der Waals surface area contributed by atoms with Crippen LogP contribution in [0.25, 0.3) is 0 Å². The number of nitrogens with two attached hydrogens (primary N) is 1. The molecule has 0 radical (unpaired) electrons. The number of thiocarbonyl (C=S) groups is 1. The summed E-state index contributed by atoms with van der Waals surface area (Å²) in [6.07, 6.45) is 3.67. The van der Waals surface area contributed by atoms with Gasteiger partial charge in [0.2, 0.25) is 0 Å². The standard InChI is InChI=1S/C15H17N3S/c1-10-6-7-17-8-12(10)9-18-14-11(2)4-3-5-13(14)15(16)19/h3-8,18H,9H2,1-2H3,(H2,16,19). The minimum absolute atomic E-state index is 0.411. The molecule has 0 saturated heterocycles. The van der Waals surface area contributed by atoms with Gasteiger partial charge in [-0.15, -0.1) is 0 Å². The minimum Gasteiger partial charge on any atom is -0.389 e. The van der Waals surface area contributed by atoms with Crippen molar-refractivity contribution >= 4 is 22.9 Å². The van der Waals surface area contributed by atoms with Gasteiger partial charge in [0.1, 0.15) is 4.99 Å². The van der Waals surface area contributed by atoms with Crippen molar-refractivity contribution in [2.75, 3.05) is 5.32 Å². The highest BCUT2D eigenvalue weighted by Gasteiger charge is 2.08. The molecule has 0 atom stereocenters. The molecule has 0 fully saturated rings. The highest BCUT2D eigenvalue weighted by molar-refractivity contribution is 7.80. The fraction of sp³-hybridized carbons (Fsp3) is 0.200. The van der Waals surface area contributed by atoms with Crippen LogP contribution in [0.5, 0.6) is 0 Å². The number of aromatic nitrogens is 1. The molecular formula is C15H17N3S. The van der Waals surface area contributed by atoms with Crippen LogP contribution in [0.15, 0.2) is 36.7 Å². The number of benzene rings is 1. The van der Waals surface area contributed by atoms with Crippen molar-refractivity contribution in [1.29, 1.82) is 0 Å². The van der Waals surface area contributed by atoms with Crippen molar-refractivity contribution in [2.24, 2.45) is 5.73 Å². The number of hydrogen-bond acceptors (Lipinski definition) is 3. The van der Waals surface area contributed by atoms with Gasteiger partial charge in [-0.3, -0.25) is 4.98 Å². The summed E-state index contributed by atoms with van der Waals surface area (Å²) in [6.45, 7) is 4.82. The zero-order valence-corrected chi connectivity index (χ0v) is 11.9. The molecule has 0 aliphatic heterocycles. The van der Waals surface area contributed by atoms with E-state index in [0.29, 0.717) is 11.5 Å². The third kappa shape index (κ3) is 3.09. The van der Waals surface area contributed by atoms with Crippen LogP contribution in [0.4, 0.5) is 5.69 Å². The molecule has 2 aromatic rings. The molecule has 4 heteroatoms. The van der Waals surface area contributed by atoms with E-state index in [-0.39, 0.29) is 0 Å². The largest absolute Gasteiger partial charge is 0.389 e. The number of anilines is 1. The second kappa shape index (κ2) is 5.80. The van der Waals surface area contributed by atoms with Crippen molar-refractivity contribution in [2.45, 2.75) is 20.4 Å². The molecule has 3 N–H and O–H groups in total. The lowest BCUT2D eigenvalue weighted by Crippen LogP contribution is -2.14. The van der Waals surface area contributed by atoms with Gasteiger partial charge >= 0.3 is 0 Å². The van der Waals surface area contributed by atoms with Crippen LogP contribution < -0.4 is 11.1 Å². The Morgan fingerprint density at radius 3 is 2.74 bits per heavy atom. The maximum absolute atomic E-state index is 5.76. The molecular weight excluding hydrogens is 254 g/mol. The van der Waals surface area contributed by atoms with Crippen LogP contribution in [0.3, 0.4) is 0 Å². The molecule has 98 valence electrons. The maximum Gasteiger partial charge on any atom is 0.106 e. The Hall–Kier alpha value is -1.94. The second-order valence-electron chi connectivity index (χ2n) is 4.52. The number of aryl methyl sites for hydroxylation is 2. The summed E-state index contributed by atoms with van der Waals surface area (Å²) in [5, 5.41) is 3.41. The van der Waals surface area contributed by atoms with E-state index < -0.39 is 0 Å². The van der Waals surface area contributed by atoms with Crippen LogP contribution >= 0.6 is 12.2 Å². The van der Waals surface area contributed by atoms with E-state index in [1.807, 2.05) is 37.4 Å². The third-order valence-corrected chi connectivity index (χ3v) is 3.36. The van der Waals surface area contributed by atoms with Crippen LogP contribution in [-0.2, 0) is 6.54 Å². The maximum atomic E-state index is 5.76. The van der Waals surface area contributed by atoms with Crippen LogP contribution in [0.1, 0.15) is 22.3 Å². The Kier molecular flexibility index (Phi) is 4.12. The lowest BCUT2D eigenvalue weighted by atomic mass is 10.1. The lowest BCUT2D eigenvalue weighted by Gasteiger charge is -2.14. The summed E-state index contributed by atoms with van der Waals surface area (Å²) in [5.74, 6) is 0. The van der Waals surface area contributed by atoms with Gasteiger partial charge in [-0.2, -0.15) is 0 Å². The molecule has 2 rings (SSSR count). The van der Waals surface area contributed by atoms with Crippen molar-refractivity contribution in [3.8, 4) is 0 Å². The topological polar surface area (TPSA) is 50.9 Å². The Morgan fingerprint density at radius 2 is 2.05 bits per heavy atom. The number of nitrogens with one attached hydrogen (secondary N) is 1. The molecule has 19 heavy (non-hydrogen) atoms. The average molecular weight is 271 g/mol. The molecule has 0 aliphatic rings. The molecule has 3 nitrogen and oxygen atoms in total. The van der Waals surface area contributed by atoms with E-state index in [2.05, 4.69) is 17.2 Å². The van der Waals surface area contributed by atoms with E-state index in [9.17, 15) is 0 Å². The Balaban J connectivity index is 2.25. The fourth-order valence-electron chi connectivity index (χ4n) is 1.97. The first kappa shape index (κ1) is 13.5. The van der Waals surface area contributed by atoms with E-state index in [0.717, 1.165) is 16.8 Å². The number of rotatable bonds is 4. The zero-order valence-electron chi connectivity index (χ0n) is 11.1. The van der Waals surface area contributed by atoms with Crippen molar-refractivity contribution in [1.82, 2.24) is 4.98 Å². The van der Waals surface area contributed by atoms with Crippen molar-refractivity contribution in [3.63, 3.8) is 0 Å². The van der Waals surface area contributed by atoms with Gasteiger partial charge in [-0.05, 0) is 42.7 Å². The Labute approximate surface area is 118 Å². The first-order valence-corrected chi connectivity index (χ1v) is 6.53. The Morgan fingerprint density at radius 1 is 1.26 bits per heavy atom. The highest BCUT2D eigenvalue weighted by Crippen LogP contribution is 2.21. The zero-order chi connectivity index (χ0) is 13.8. The molecule has 1 aromatic carbocycles. The van der Waals surface area contributed by atoms with Crippen molar-refractivity contribution < 1.29 is 0 Å². The lowest BCUT2D eigenvalue weighted by molar-refractivity contribution is 1.08. The van der Waals surface area contributed by atoms with Crippen LogP contribution in [0.2, 0.25) is 0 Å². The van der Waals surface area contributed by atoms with Gasteiger partial charge in [0.25, 0.3) is 0 Å². The molecule has 1 aromatic heterocycles. The summed E-state index contributed by atoms with van der Waals surface area (Å²) in [5.41, 5.74) is 11.2. The molecule has 0 saturated carbocycles. The molecule has 0 amide bonds. The van der Waals surface area contributed by atoms with Gasteiger partial charge in [0, 0.05) is 30.2 Å². The predicted octanol–water partition coefficient (Wildman–Crippen LogP) is 2.94.